The maximum Gasteiger partial charge on any atom is 0.253 e. The number of rotatable bonds is 5. The number of carbonyl (C=O) groups is 1. The van der Waals surface area contributed by atoms with Gasteiger partial charge in [-0.3, -0.25) is 4.79 Å². The standard InChI is InChI=1S/C17H26N2O2/c1-4-18-15-7-8-16(13(2)10-15)17(20)19(3)11-14-6-5-9-21-12-14/h7-8,10,14,18H,4-6,9,11-12H2,1-3H3. The predicted molar refractivity (Wildman–Crippen MR) is 85.8 cm³/mol. The largest absolute Gasteiger partial charge is 0.385 e. The number of aryl methyl sites for hydroxylation is 1. The predicted octanol–water partition coefficient (Wildman–Crippen LogP) is 2.93. The molecule has 0 radical (unpaired) electrons. The van der Waals surface area contributed by atoms with Gasteiger partial charge in [0.2, 0.25) is 0 Å². The molecule has 0 saturated carbocycles. The average molecular weight is 290 g/mol. The molecule has 1 aromatic carbocycles. The Morgan fingerprint density at radius 2 is 2.29 bits per heavy atom. The van der Waals surface area contributed by atoms with E-state index in [1.807, 2.05) is 37.1 Å². The third-order valence-corrected chi connectivity index (χ3v) is 3.97. The summed E-state index contributed by atoms with van der Waals surface area (Å²) in [7, 11) is 1.88. The lowest BCUT2D eigenvalue weighted by Gasteiger charge is -2.27. The van der Waals surface area contributed by atoms with E-state index in [-0.39, 0.29) is 5.91 Å². The molecule has 116 valence electrons. The molecule has 1 saturated heterocycles. The van der Waals surface area contributed by atoms with Crippen molar-refractivity contribution in [2.45, 2.75) is 26.7 Å². The second-order valence-corrected chi connectivity index (χ2v) is 5.83. The molecule has 1 aliphatic rings. The summed E-state index contributed by atoms with van der Waals surface area (Å²) in [5, 5.41) is 3.27. The van der Waals surface area contributed by atoms with Crippen molar-refractivity contribution in [3.8, 4) is 0 Å². The van der Waals surface area contributed by atoms with Crippen molar-refractivity contribution in [3.05, 3.63) is 29.3 Å². The van der Waals surface area contributed by atoms with E-state index in [2.05, 4.69) is 12.2 Å². The maximum atomic E-state index is 12.6. The van der Waals surface area contributed by atoms with Gasteiger partial charge in [-0.25, -0.2) is 0 Å². The molecule has 1 unspecified atom stereocenters. The highest BCUT2D eigenvalue weighted by Crippen LogP contribution is 2.19. The smallest absolute Gasteiger partial charge is 0.253 e. The van der Waals surface area contributed by atoms with Crippen molar-refractivity contribution in [3.63, 3.8) is 0 Å². The van der Waals surface area contributed by atoms with Crippen molar-refractivity contribution >= 4 is 11.6 Å². The molecular weight excluding hydrogens is 264 g/mol. The minimum Gasteiger partial charge on any atom is -0.385 e. The van der Waals surface area contributed by atoms with Crippen LogP contribution in [0.3, 0.4) is 0 Å². The van der Waals surface area contributed by atoms with Crippen LogP contribution >= 0.6 is 0 Å². The second-order valence-electron chi connectivity index (χ2n) is 5.83. The summed E-state index contributed by atoms with van der Waals surface area (Å²) in [6.45, 7) is 7.34. The summed E-state index contributed by atoms with van der Waals surface area (Å²) in [4.78, 5) is 14.4. The Balaban J connectivity index is 2.01. The molecule has 0 bridgehead atoms. The van der Waals surface area contributed by atoms with Crippen LogP contribution in [0.25, 0.3) is 0 Å². The molecule has 0 aromatic heterocycles. The number of carbonyl (C=O) groups excluding carboxylic acids is 1. The van der Waals surface area contributed by atoms with Gasteiger partial charge in [-0.1, -0.05) is 0 Å². The topological polar surface area (TPSA) is 41.6 Å². The molecule has 1 heterocycles. The summed E-state index contributed by atoms with van der Waals surface area (Å²) in [6.07, 6.45) is 2.25. The molecule has 1 N–H and O–H groups in total. The number of ether oxygens (including phenoxy) is 1. The van der Waals surface area contributed by atoms with Crippen LogP contribution < -0.4 is 5.32 Å². The molecule has 0 aliphatic carbocycles. The molecule has 1 aliphatic heterocycles. The zero-order valence-electron chi connectivity index (χ0n) is 13.3. The zero-order valence-corrected chi connectivity index (χ0v) is 13.3. The number of nitrogens with one attached hydrogen (secondary N) is 1. The summed E-state index contributed by atoms with van der Waals surface area (Å²) in [5.41, 5.74) is 2.87. The molecule has 2 rings (SSSR count). The average Bonchev–Trinajstić information content (AvgIpc) is 2.48. The third kappa shape index (κ3) is 4.21. The van der Waals surface area contributed by atoms with Crippen molar-refractivity contribution < 1.29 is 9.53 Å². The summed E-state index contributed by atoms with van der Waals surface area (Å²) in [6, 6.07) is 5.93. The Hall–Kier alpha value is -1.55. The van der Waals surface area contributed by atoms with Crippen molar-refractivity contribution in [1.82, 2.24) is 4.90 Å². The summed E-state index contributed by atoms with van der Waals surface area (Å²) in [5.74, 6) is 0.565. The van der Waals surface area contributed by atoms with Crippen molar-refractivity contribution in [2.24, 2.45) is 5.92 Å². The van der Waals surface area contributed by atoms with E-state index in [4.69, 9.17) is 4.74 Å². The van der Waals surface area contributed by atoms with E-state index >= 15 is 0 Å². The fourth-order valence-corrected chi connectivity index (χ4v) is 2.84. The first-order chi connectivity index (χ1) is 10.1. The van der Waals surface area contributed by atoms with Gasteiger partial charge in [0, 0.05) is 38.0 Å². The zero-order chi connectivity index (χ0) is 15.2. The van der Waals surface area contributed by atoms with E-state index < -0.39 is 0 Å². The van der Waals surface area contributed by atoms with Gasteiger partial charge in [-0.2, -0.15) is 0 Å². The number of hydrogen-bond donors (Lipinski definition) is 1. The van der Waals surface area contributed by atoms with Crippen molar-refractivity contribution in [2.75, 3.05) is 38.7 Å². The van der Waals surface area contributed by atoms with E-state index in [9.17, 15) is 4.79 Å². The van der Waals surface area contributed by atoms with E-state index in [0.717, 1.165) is 56.0 Å². The van der Waals surface area contributed by atoms with Crippen LogP contribution in [0.2, 0.25) is 0 Å². The first kappa shape index (κ1) is 15.8. The highest BCUT2D eigenvalue weighted by Gasteiger charge is 2.20. The lowest BCUT2D eigenvalue weighted by Crippen LogP contribution is -2.35. The number of benzene rings is 1. The molecule has 4 heteroatoms. The van der Waals surface area contributed by atoms with E-state index in [0.29, 0.717) is 5.92 Å². The van der Waals surface area contributed by atoms with Gasteiger partial charge < -0.3 is 15.0 Å². The maximum absolute atomic E-state index is 12.6. The first-order valence-corrected chi connectivity index (χ1v) is 7.79. The highest BCUT2D eigenvalue weighted by molar-refractivity contribution is 5.95. The fraction of sp³-hybridized carbons (Fsp3) is 0.588. The van der Waals surface area contributed by atoms with Gasteiger partial charge >= 0.3 is 0 Å². The minimum absolute atomic E-state index is 0.0983. The molecule has 21 heavy (non-hydrogen) atoms. The van der Waals surface area contributed by atoms with Gasteiger partial charge in [0.05, 0.1) is 6.61 Å². The van der Waals surface area contributed by atoms with E-state index in [1.165, 1.54) is 0 Å². The van der Waals surface area contributed by atoms with Crippen LogP contribution in [-0.2, 0) is 4.74 Å². The van der Waals surface area contributed by atoms with Gasteiger partial charge in [-0.05, 0) is 56.4 Å². The minimum atomic E-state index is 0.0983. The van der Waals surface area contributed by atoms with Crippen LogP contribution in [0.4, 0.5) is 5.69 Å². The lowest BCUT2D eigenvalue weighted by atomic mass is 10.0. The van der Waals surface area contributed by atoms with Gasteiger partial charge in [0.15, 0.2) is 0 Å². The Morgan fingerprint density at radius 3 is 2.90 bits per heavy atom. The Labute approximate surface area is 127 Å². The Bertz CT molecular complexity index is 482. The van der Waals surface area contributed by atoms with Crippen LogP contribution in [0.15, 0.2) is 18.2 Å². The first-order valence-electron chi connectivity index (χ1n) is 7.79. The van der Waals surface area contributed by atoms with Gasteiger partial charge in [0.25, 0.3) is 5.91 Å². The molecule has 1 fully saturated rings. The van der Waals surface area contributed by atoms with Crippen LogP contribution in [0.5, 0.6) is 0 Å². The third-order valence-electron chi connectivity index (χ3n) is 3.97. The Morgan fingerprint density at radius 1 is 1.48 bits per heavy atom. The Kier molecular flexibility index (Phi) is 5.62. The molecule has 1 atom stereocenters. The quantitative estimate of drug-likeness (QED) is 0.906. The number of hydrogen-bond acceptors (Lipinski definition) is 3. The SMILES string of the molecule is CCNc1ccc(C(=O)N(C)CC2CCCOC2)c(C)c1. The second kappa shape index (κ2) is 7.46. The molecule has 4 nitrogen and oxygen atoms in total. The molecule has 1 amide bonds. The lowest BCUT2D eigenvalue weighted by molar-refractivity contribution is 0.0388. The molecule has 0 spiro atoms. The number of nitrogens with zero attached hydrogens (tertiary/aromatic N) is 1. The van der Waals surface area contributed by atoms with Crippen LogP contribution in [-0.4, -0.2) is 44.2 Å². The fourth-order valence-electron chi connectivity index (χ4n) is 2.84. The van der Waals surface area contributed by atoms with Gasteiger partial charge in [-0.15, -0.1) is 0 Å². The molecular formula is C17H26N2O2. The summed E-state index contributed by atoms with van der Waals surface area (Å²) < 4.78 is 5.49. The molecule has 1 aromatic rings. The van der Waals surface area contributed by atoms with Crippen molar-refractivity contribution in [1.29, 1.82) is 0 Å². The monoisotopic (exact) mass is 290 g/mol. The van der Waals surface area contributed by atoms with Gasteiger partial charge in [0.1, 0.15) is 0 Å². The van der Waals surface area contributed by atoms with Crippen LogP contribution in [0, 0.1) is 12.8 Å². The highest BCUT2D eigenvalue weighted by atomic mass is 16.5. The number of anilines is 1. The van der Waals surface area contributed by atoms with Crippen LogP contribution in [0.1, 0.15) is 35.7 Å². The normalized spacial score (nSPS) is 18.3. The summed E-state index contributed by atoms with van der Waals surface area (Å²) >= 11 is 0. The van der Waals surface area contributed by atoms with E-state index in [1.54, 1.807) is 0 Å². The number of amides is 1.